The van der Waals surface area contributed by atoms with E-state index < -0.39 is 17.9 Å². The predicted molar refractivity (Wildman–Crippen MR) is 88.6 cm³/mol. The number of aliphatic carboxylic acids is 1. The van der Waals surface area contributed by atoms with Crippen LogP contribution >= 0.6 is 0 Å². The Morgan fingerprint density at radius 2 is 1.91 bits per heavy atom. The molecule has 0 aliphatic heterocycles. The van der Waals surface area contributed by atoms with Gasteiger partial charge in [0.1, 0.15) is 0 Å². The Bertz CT molecular complexity index is 419. The molecule has 0 aromatic heterocycles. The Labute approximate surface area is 133 Å². The Morgan fingerprint density at radius 3 is 2.50 bits per heavy atom. The lowest BCUT2D eigenvalue weighted by Crippen LogP contribution is -2.24. The molecule has 0 heterocycles. The molecule has 0 aromatic rings. The van der Waals surface area contributed by atoms with E-state index in [2.05, 4.69) is 16.9 Å². The highest BCUT2D eigenvalue weighted by Crippen LogP contribution is 2.14. The number of ether oxygens (including phenoxy) is 1. The van der Waals surface area contributed by atoms with Gasteiger partial charge in [-0.1, -0.05) is 36.0 Å². The molecule has 4 nitrogen and oxygen atoms in total. The number of methoxy groups -OCH3 is 1. The fraction of sp³-hybridized carbons (Fsp3) is 0.556. The van der Waals surface area contributed by atoms with Gasteiger partial charge in [-0.2, -0.15) is 0 Å². The van der Waals surface area contributed by atoms with Crippen molar-refractivity contribution >= 4 is 11.9 Å². The van der Waals surface area contributed by atoms with Crippen molar-refractivity contribution in [2.24, 2.45) is 5.92 Å². The largest absolute Gasteiger partial charge is 0.481 e. The van der Waals surface area contributed by atoms with E-state index in [4.69, 9.17) is 5.11 Å². The molecule has 0 fully saturated rings. The molecule has 0 aliphatic rings. The van der Waals surface area contributed by atoms with Crippen LogP contribution in [0.2, 0.25) is 0 Å². The van der Waals surface area contributed by atoms with Crippen molar-refractivity contribution in [3.63, 3.8) is 0 Å². The minimum absolute atomic E-state index is 0.283. The highest BCUT2D eigenvalue weighted by Gasteiger charge is 2.25. The lowest BCUT2D eigenvalue weighted by atomic mass is 10.0. The summed E-state index contributed by atoms with van der Waals surface area (Å²) in [7, 11) is 1.21. The number of allylic oxidation sites excluding steroid dienone is 6. The number of carbonyl (C=O) groups is 2. The van der Waals surface area contributed by atoms with Crippen molar-refractivity contribution in [2.75, 3.05) is 7.11 Å². The molecule has 0 saturated carbocycles. The number of hydrogen-bond acceptors (Lipinski definition) is 3. The van der Waals surface area contributed by atoms with Gasteiger partial charge < -0.3 is 9.84 Å². The lowest BCUT2D eigenvalue weighted by molar-refractivity contribution is -0.156. The van der Waals surface area contributed by atoms with Gasteiger partial charge in [-0.25, -0.2) is 0 Å². The third kappa shape index (κ3) is 9.97. The summed E-state index contributed by atoms with van der Waals surface area (Å²) >= 11 is 0. The molecule has 0 radical (unpaired) electrons. The number of rotatable bonds is 11. The monoisotopic (exact) mass is 308 g/mol. The van der Waals surface area contributed by atoms with Crippen LogP contribution in [-0.4, -0.2) is 24.2 Å². The fourth-order valence-electron chi connectivity index (χ4n) is 2.03. The maximum Gasteiger partial charge on any atom is 0.320 e. The molecule has 0 rings (SSSR count). The number of carboxylic acids is 1. The van der Waals surface area contributed by atoms with E-state index in [1.807, 2.05) is 32.1 Å². The maximum atomic E-state index is 11.3. The zero-order valence-electron chi connectivity index (χ0n) is 13.9. The zero-order valence-corrected chi connectivity index (χ0v) is 13.9. The summed E-state index contributed by atoms with van der Waals surface area (Å²) in [4.78, 5) is 22.3. The molecular weight excluding hydrogens is 280 g/mol. The van der Waals surface area contributed by atoms with Crippen LogP contribution in [0.25, 0.3) is 0 Å². The highest BCUT2D eigenvalue weighted by atomic mass is 16.5. The van der Waals surface area contributed by atoms with E-state index in [0.29, 0.717) is 6.42 Å². The maximum absolute atomic E-state index is 11.3. The Morgan fingerprint density at radius 1 is 1.18 bits per heavy atom. The summed E-state index contributed by atoms with van der Waals surface area (Å²) in [5, 5.41) is 8.97. The van der Waals surface area contributed by atoms with Gasteiger partial charge in [0.05, 0.1) is 7.11 Å². The fourth-order valence-corrected chi connectivity index (χ4v) is 2.03. The van der Waals surface area contributed by atoms with Crippen molar-refractivity contribution in [2.45, 2.75) is 52.4 Å². The van der Waals surface area contributed by atoms with Crippen molar-refractivity contribution in [3.05, 3.63) is 36.0 Å². The minimum atomic E-state index is -1.12. The number of carboxylic acid groups (broad SMARTS) is 1. The summed E-state index contributed by atoms with van der Waals surface area (Å²) in [6.45, 7) is 4.04. The van der Waals surface area contributed by atoms with Crippen molar-refractivity contribution in [3.8, 4) is 0 Å². The summed E-state index contributed by atoms with van der Waals surface area (Å²) in [6.07, 6.45) is 15.5. The first kappa shape index (κ1) is 20.2. The second-order valence-corrected chi connectivity index (χ2v) is 5.24. The first-order valence-corrected chi connectivity index (χ1v) is 7.77. The molecule has 4 heteroatoms. The molecule has 1 N–H and O–H groups in total. The van der Waals surface area contributed by atoms with E-state index in [-0.39, 0.29) is 6.42 Å². The molecule has 22 heavy (non-hydrogen) atoms. The molecule has 1 unspecified atom stereocenters. The standard InChI is InChI=1S/C18H28O4/c1-4-5-6-7-8-9-10-12-15(2)13-11-14-16(17(19)20)18(21)22-3/h4-7,13,16H,8-12,14H2,1-3H3,(H,19,20)/b5-4+,7-6+,15-13+. The number of unbranched alkanes of at least 4 members (excludes halogenated alkanes) is 2. The van der Waals surface area contributed by atoms with Crippen LogP contribution in [0.4, 0.5) is 0 Å². The number of hydrogen-bond donors (Lipinski definition) is 1. The second-order valence-electron chi connectivity index (χ2n) is 5.24. The van der Waals surface area contributed by atoms with Crippen LogP contribution in [-0.2, 0) is 14.3 Å². The van der Waals surface area contributed by atoms with Gasteiger partial charge in [-0.3, -0.25) is 9.59 Å². The Hall–Kier alpha value is -1.84. The normalized spacial score (nSPS) is 13.7. The molecule has 124 valence electrons. The summed E-state index contributed by atoms with van der Waals surface area (Å²) in [6, 6.07) is 0. The van der Waals surface area contributed by atoms with E-state index in [1.54, 1.807) is 0 Å². The van der Waals surface area contributed by atoms with Gasteiger partial charge >= 0.3 is 11.9 Å². The van der Waals surface area contributed by atoms with Crippen molar-refractivity contribution in [1.29, 1.82) is 0 Å². The van der Waals surface area contributed by atoms with E-state index in [0.717, 1.165) is 25.7 Å². The van der Waals surface area contributed by atoms with Gasteiger partial charge in [-0.05, 0) is 52.4 Å². The minimum Gasteiger partial charge on any atom is -0.481 e. The van der Waals surface area contributed by atoms with Gasteiger partial charge in [-0.15, -0.1) is 0 Å². The van der Waals surface area contributed by atoms with Crippen LogP contribution in [0.5, 0.6) is 0 Å². The second kappa shape index (κ2) is 12.9. The van der Waals surface area contributed by atoms with Gasteiger partial charge in [0, 0.05) is 0 Å². The Balaban J connectivity index is 3.97. The van der Waals surface area contributed by atoms with E-state index in [1.165, 1.54) is 12.7 Å². The lowest BCUT2D eigenvalue weighted by Gasteiger charge is -2.08. The first-order valence-electron chi connectivity index (χ1n) is 7.77. The van der Waals surface area contributed by atoms with Crippen LogP contribution in [0.1, 0.15) is 52.4 Å². The zero-order chi connectivity index (χ0) is 16.8. The quantitative estimate of drug-likeness (QED) is 0.203. The molecular formula is C18H28O4. The average Bonchev–Trinajstić information content (AvgIpc) is 2.49. The van der Waals surface area contributed by atoms with Crippen LogP contribution < -0.4 is 0 Å². The third-order valence-corrected chi connectivity index (χ3v) is 3.36. The topological polar surface area (TPSA) is 63.6 Å². The molecule has 0 saturated heterocycles. The van der Waals surface area contributed by atoms with E-state index >= 15 is 0 Å². The molecule has 1 atom stereocenters. The van der Waals surface area contributed by atoms with Gasteiger partial charge in [0.25, 0.3) is 0 Å². The first-order chi connectivity index (χ1) is 10.5. The molecule has 0 aromatic carbocycles. The van der Waals surface area contributed by atoms with Crippen LogP contribution in [0, 0.1) is 5.92 Å². The summed E-state index contributed by atoms with van der Waals surface area (Å²) in [5.74, 6) is -2.86. The van der Waals surface area contributed by atoms with E-state index in [9.17, 15) is 9.59 Å². The highest BCUT2D eigenvalue weighted by molar-refractivity contribution is 5.93. The van der Waals surface area contributed by atoms with Crippen molar-refractivity contribution < 1.29 is 19.4 Å². The number of carbonyl (C=O) groups excluding carboxylic acids is 1. The molecule has 0 amide bonds. The molecule has 0 aliphatic carbocycles. The number of esters is 1. The smallest absolute Gasteiger partial charge is 0.320 e. The van der Waals surface area contributed by atoms with Crippen molar-refractivity contribution in [1.82, 2.24) is 0 Å². The predicted octanol–water partition coefficient (Wildman–Crippen LogP) is 4.28. The molecule has 0 bridgehead atoms. The SMILES string of the molecule is C/C=C/C=C/CCCC/C(C)=C/CCC(C(=O)O)C(=O)OC. The Kier molecular flexibility index (Phi) is 11.8. The van der Waals surface area contributed by atoms with Gasteiger partial charge in [0.15, 0.2) is 5.92 Å². The van der Waals surface area contributed by atoms with Crippen LogP contribution in [0.15, 0.2) is 36.0 Å². The summed E-state index contributed by atoms with van der Waals surface area (Å²) < 4.78 is 4.50. The van der Waals surface area contributed by atoms with Gasteiger partial charge in [0.2, 0.25) is 0 Å². The third-order valence-electron chi connectivity index (χ3n) is 3.36. The van der Waals surface area contributed by atoms with Crippen LogP contribution in [0.3, 0.4) is 0 Å². The average molecular weight is 308 g/mol. The summed E-state index contributed by atoms with van der Waals surface area (Å²) in [5.41, 5.74) is 1.24. The molecule has 0 spiro atoms.